The first kappa shape index (κ1) is 15.9. The Morgan fingerprint density at radius 3 is 2.84 bits per heavy atom. The summed E-state index contributed by atoms with van der Waals surface area (Å²) in [4.78, 5) is 23.9. The van der Waals surface area contributed by atoms with Gasteiger partial charge in [-0.2, -0.15) is 0 Å². The van der Waals surface area contributed by atoms with Gasteiger partial charge < -0.3 is 10.6 Å². The third-order valence-electron chi connectivity index (χ3n) is 5.16. The van der Waals surface area contributed by atoms with E-state index in [1.54, 1.807) is 0 Å². The molecule has 1 heterocycles. The molecule has 0 spiro atoms. The summed E-state index contributed by atoms with van der Waals surface area (Å²) >= 11 is 0. The summed E-state index contributed by atoms with van der Waals surface area (Å²) in [6.07, 6.45) is 4.33. The third-order valence-corrected chi connectivity index (χ3v) is 5.16. The molecule has 128 valence electrons. The SMILES string of the molecule is CC(NC(=O)Cc1ccc2c(c1)CCC2)c1ccc2c(c1)CC(=O)N2. The first-order valence-corrected chi connectivity index (χ1v) is 8.91. The number of carbonyl (C=O) groups excluding carboxylic acids is 2. The lowest BCUT2D eigenvalue weighted by Crippen LogP contribution is -2.28. The Bertz CT molecular complexity index is 857. The number of anilines is 1. The van der Waals surface area contributed by atoms with Gasteiger partial charge in [-0.05, 0) is 60.1 Å². The second-order valence-corrected chi connectivity index (χ2v) is 7.06. The minimum absolute atomic E-state index is 0.0279. The molecule has 2 aromatic carbocycles. The molecule has 2 N–H and O–H groups in total. The van der Waals surface area contributed by atoms with Crippen LogP contribution in [0.1, 0.15) is 47.2 Å². The van der Waals surface area contributed by atoms with Crippen LogP contribution in [0.25, 0.3) is 0 Å². The van der Waals surface area contributed by atoms with E-state index in [0.717, 1.165) is 35.2 Å². The second-order valence-electron chi connectivity index (χ2n) is 7.06. The van der Waals surface area contributed by atoms with Crippen LogP contribution in [0.15, 0.2) is 36.4 Å². The fourth-order valence-corrected chi connectivity index (χ4v) is 3.81. The molecular formula is C21H22N2O2. The molecule has 0 bridgehead atoms. The first-order chi connectivity index (χ1) is 12.1. The van der Waals surface area contributed by atoms with Crippen LogP contribution in [0, 0.1) is 0 Å². The Balaban J connectivity index is 1.41. The van der Waals surface area contributed by atoms with Crippen molar-refractivity contribution in [2.75, 3.05) is 5.32 Å². The first-order valence-electron chi connectivity index (χ1n) is 8.91. The van der Waals surface area contributed by atoms with Gasteiger partial charge in [0.2, 0.25) is 11.8 Å². The number of nitrogens with one attached hydrogen (secondary N) is 2. The van der Waals surface area contributed by atoms with Crippen LogP contribution in [0.2, 0.25) is 0 Å². The zero-order valence-corrected chi connectivity index (χ0v) is 14.4. The van der Waals surface area contributed by atoms with Crippen LogP contribution >= 0.6 is 0 Å². The predicted octanol–water partition coefficient (Wildman–Crippen LogP) is 3.09. The fourth-order valence-electron chi connectivity index (χ4n) is 3.81. The van der Waals surface area contributed by atoms with E-state index < -0.39 is 0 Å². The molecule has 2 aliphatic rings. The Labute approximate surface area is 147 Å². The number of benzene rings is 2. The predicted molar refractivity (Wildman–Crippen MR) is 97.5 cm³/mol. The summed E-state index contributed by atoms with van der Waals surface area (Å²) in [5.41, 5.74) is 6.81. The highest BCUT2D eigenvalue weighted by Gasteiger charge is 2.19. The van der Waals surface area contributed by atoms with Gasteiger partial charge in [-0.1, -0.05) is 30.3 Å². The number of amides is 2. The van der Waals surface area contributed by atoms with E-state index in [0.29, 0.717) is 12.8 Å². The molecular weight excluding hydrogens is 312 g/mol. The summed E-state index contributed by atoms with van der Waals surface area (Å²) in [5, 5.41) is 5.90. The largest absolute Gasteiger partial charge is 0.349 e. The molecule has 0 saturated heterocycles. The summed E-state index contributed by atoms with van der Waals surface area (Å²) in [6.45, 7) is 1.98. The van der Waals surface area contributed by atoms with Crippen LogP contribution in [-0.4, -0.2) is 11.8 Å². The van der Waals surface area contributed by atoms with Crippen molar-refractivity contribution in [1.29, 1.82) is 0 Å². The average molecular weight is 334 g/mol. The lowest BCUT2D eigenvalue weighted by atomic mass is 10.0. The van der Waals surface area contributed by atoms with Crippen molar-refractivity contribution in [2.45, 2.75) is 45.1 Å². The summed E-state index contributed by atoms with van der Waals surface area (Å²) in [5.74, 6) is 0.0561. The van der Waals surface area contributed by atoms with Gasteiger partial charge >= 0.3 is 0 Å². The van der Waals surface area contributed by atoms with Gasteiger partial charge in [-0.25, -0.2) is 0 Å². The van der Waals surface area contributed by atoms with Gasteiger partial charge in [-0.15, -0.1) is 0 Å². The van der Waals surface area contributed by atoms with Crippen molar-refractivity contribution in [3.63, 3.8) is 0 Å². The smallest absolute Gasteiger partial charge is 0.228 e. The highest BCUT2D eigenvalue weighted by atomic mass is 16.2. The normalized spacial score (nSPS) is 16.1. The van der Waals surface area contributed by atoms with E-state index in [1.807, 2.05) is 25.1 Å². The van der Waals surface area contributed by atoms with Gasteiger partial charge in [0.15, 0.2) is 0 Å². The molecule has 2 amide bonds. The maximum atomic E-state index is 12.4. The second kappa shape index (κ2) is 6.36. The molecule has 0 saturated carbocycles. The van der Waals surface area contributed by atoms with Crippen molar-refractivity contribution < 1.29 is 9.59 Å². The lowest BCUT2D eigenvalue weighted by Gasteiger charge is -2.15. The number of rotatable bonds is 4. The van der Waals surface area contributed by atoms with E-state index in [1.165, 1.54) is 17.5 Å². The van der Waals surface area contributed by atoms with Gasteiger partial charge in [0.1, 0.15) is 0 Å². The molecule has 0 fully saturated rings. The zero-order chi connectivity index (χ0) is 17.4. The molecule has 1 aliphatic heterocycles. The number of fused-ring (bicyclic) bond motifs is 2. The average Bonchev–Trinajstić information content (AvgIpc) is 3.18. The Kier molecular flexibility index (Phi) is 4.04. The molecule has 2 aromatic rings. The van der Waals surface area contributed by atoms with Crippen molar-refractivity contribution in [3.8, 4) is 0 Å². The van der Waals surface area contributed by atoms with Crippen molar-refractivity contribution in [3.05, 3.63) is 64.2 Å². The number of carbonyl (C=O) groups is 2. The molecule has 1 unspecified atom stereocenters. The van der Waals surface area contributed by atoms with Crippen LogP contribution in [0.4, 0.5) is 5.69 Å². The summed E-state index contributed by atoms with van der Waals surface area (Å²) in [6, 6.07) is 12.2. The monoisotopic (exact) mass is 334 g/mol. The highest BCUT2D eigenvalue weighted by Crippen LogP contribution is 2.27. The number of hydrogen-bond acceptors (Lipinski definition) is 2. The molecule has 0 radical (unpaired) electrons. The summed E-state index contributed by atoms with van der Waals surface area (Å²) < 4.78 is 0. The van der Waals surface area contributed by atoms with Gasteiger partial charge in [0, 0.05) is 5.69 Å². The Morgan fingerprint density at radius 2 is 1.96 bits per heavy atom. The van der Waals surface area contributed by atoms with Gasteiger partial charge in [-0.3, -0.25) is 9.59 Å². The molecule has 4 nitrogen and oxygen atoms in total. The summed E-state index contributed by atoms with van der Waals surface area (Å²) in [7, 11) is 0. The highest BCUT2D eigenvalue weighted by molar-refractivity contribution is 5.99. The van der Waals surface area contributed by atoms with Crippen molar-refractivity contribution in [2.24, 2.45) is 0 Å². The van der Waals surface area contributed by atoms with Gasteiger partial charge in [0.25, 0.3) is 0 Å². The van der Waals surface area contributed by atoms with Crippen molar-refractivity contribution >= 4 is 17.5 Å². The van der Waals surface area contributed by atoms with Crippen molar-refractivity contribution in [1.82, 2.24) is 5.32 Å². The molecule has 1 atom stereocenters. The standard InChI is InChI=1S/C21H22N2O2/c1-13(16-7-8-19-18(11-16)12-21(25)23-19)22-20(24)10-14-5-6-15-3-2-4-17(15)9-14/h5-9,11,13H,2-4,10,12H2,1H3,(H,22,24)(H,23,25). The zero-order valence-electron chi connectivity index (χ0n) is 14.4. The Hall–Kier alpha value is -2.62. The van der Waals surface area contributed by atoms with Crippen LogP contribution in [0.5, 0.6) is 0 Å². The number of aryl methyl sites for hydroxylation is 2. The minimum atomic E-state index is -0.0806. The number of hydrogen-bond donors (Lipinski definition) is 2. The Morgan fingerprint density at radius 1 is 1.12 bits per heavy atom. The van der Waals surface area contributed by atoms with E-state index in [-0.39, 0.29) is 17.9 Å². The van der Waals surface area contributed by atoms with E-state index >= 15 is 0 Å². The lowest BCUT2D eigenvalue weighted by molar-refractivity contribution is -0.121. The topological polar surface area (TPSA) is 58.2 Å². The molecule has 4 rings (SSSR count). The molecule has 1 aliphatic carbocycles. The third kappa shape index (κ3) is 3.29. The molecule has 25 heavy (non-hydrogen) atoms. The minimum Gasteiger partial charge on any atom is -0.349 e. The fraction of sp³-hybridized carbons (Fsp3) is 0.333. The van der Waals surface area contributed by atoms with Crippen LogP contribution in [-0.2, 0) is 35.3 Å². The molecule has 4 heteroatoms. The maximum Gasteiger partial charge on any atom is 0.228 e. The van der Waals surface area contributed by atoms with E-state index in [4.69, 9.17) is 0 Å². The van der Waals surface area contributed by atoms with Gasteiger partial charge in [0.05, 0.1) is 18.9 Å². The van der Waals surface area contributed by atoms with Crippen LogP contribution in [0.3, 0.4) is 0 Å². The van der Waals surface area contributed by atoms with E-state index in [2.05, 4.69) is 28.8 Å². The molecule has 0 aromatic heterocycles. The quantitative estimate of drug-likeness (QED) is 0.903. The maximum absolute atomic E-state index is 12.4. The van der Waals surface area contributed by atoms with Crippen LogP contribution < -0.4 is 10.6 Å². The van der Waals surface area contributed by atoms with E-state index in [9.17, 15) is 9.59 Å².